The lowest BCUT2D eigenvalue weighted by Crippen LogP contribution is -2.46. The molecule has 1 aromatic rings. The summed E-state index contributed by atoms with van der Waals surface area (Å²) in [4.78, 5) is 6.67. The summed E-state index contributed by atoms with van der Waals surface area (Å²) in [5.74, 6) is 1.67. The van der Waals surface area contributed by atoms with Crippen LogP contribution in [0.15, 0.2) is 6.20 Å². The Kier molecular flexibility index (Phi) is 3.52. The summed E-state index contributed by atoms with van der Waals surface area (Å²) in [6.45, 7) is 5.13. The molecule has 0 bridgehead atoms. The van der Waals surface area contributed by atoms with Crippen molar-refractivity contribution >= 4 is 11.6 Å². The quantitative estimate of drug-likeness (QED) is 0.849. The van der Waals surface area contributed by atoms with Gasteiger partial charge in [-0.25, -0.2) is 4.98 Å². The molecule has 5 heteroatoms. The first-order valence-electron chi connectivity index (χ1n) is 5.70. The first-order valence-corrected chi connectivity index (χ1v) is 6.08. The molecule has 0 aliphatic carbocycles. The standard InChI is InChI=1S/C11H19ClN4/c1-8-3-9(13)6-16(5-8)7-11-14-4-10(12)15(11)2/h4,8-9H,3,5-7,13H2,1-2H3. The minimum atomic E-state index is 0.291. The Morgan fingerprint density at radius 2 is 2.31 bits per heavy atom. The van der Waals surface area contributed by atoms with Crippen molar-refractivity contribution in [1.82, 2.24) is 14.5 Å². The van der Waals surface area contributed by atoms with Crippen molar-refractivity contribution in [2.45, 2.75) is 25.9 Å². The van der Waals surface area contributed by atoms with Crippen LogP contribution in [0.25, 0.3) is 0 Å². The number of hydrogen-bond donors (Lipinski definition) is 1. The van der Waals surface area contributed by atoms with E-state index in [1.165, 1.54) is 0 Å². The third-order valence-corrected chi connectivity index (χ3v) is 3.51. The van der Waals surface area contributed by atoms with Crippen LogP contribution >= 0.6 is 11.6 Å². The molecule has 2 atom stereocenters. The van der Waals surface area contributed by atoms with Gasteiger partial charge in [0.05, 0.1) is 12.7 Å². The first-order chi connectivity index (χ1) is 7.56. The molecule has 4 nitrogen and oxygen atoms in total. The number of likely N-dealkylation sites (tertiary alicyclic amines) is 1. The number of hydrogen-bond acceptors (Lipinski definition) is 3. The minimum Gasteiger partial charge on any atom is -0.327 e. The number of halogens is 1. The van der Waals surface area contributed by atoms with Gasteiger partial charge in [0.1, 0.15) is 11.0 Å². The largest absolute Gasteiger partial charge is 0.327 e. The Morgan fingerprint density at radius 3 is 2.88 bits per heavy atom. The summed E-state index contributed by atoms with van der Waals surface area (Å²) in [5.41, 5.74) is 6.02. The maximum Gasteiger partial charge on any atom is 0.128 e. The van der Waals surface area contributed by atoms with Gasteiger partial charge in [0, 0.05) is 26.2 Å². The highest BCUT2D eigenvalue weighted by Gasteiger charge is 2.23. The third kappa shape index (κ3) is 2.56. The monoisotopic (exact) mass is 242 g/mol. The van der Waals surface area contributed by atoms with Crippen molar-refractivity contribution < 1.29 is 0 Å². The fourth-order valence-electron chi connectivity index (χ4n) is 2.41. The van der Waals surface area contributed by atoms with E-state index in [9.17, 15) is 0 Å². The predicted molar refractivity (Wildman–Crippen MR) is 65.3 cm³/mol. The molecule has 2 rings (SSSR count). The van der Waals surface area contributed by atoms with Gasteiger partial charge in [-0.2, -0.15) is 0 Å². The molecule has 90 valence electrons. The highest BCUT2D eigenvalue weighted by molar-refractivity contribution is 6.29. The van der Waals surface area contributed by atoms with Gasteiger partial charge in [0.25, 0.3) is 0 Å². The van der Waals surface area contributed by atoms with Gasteiger partial charge in [-0.3, -0.25) is 4.90 Å². The summed E-state index contributed by atoms with van der Waals surface area (Å²) in [6, 6.07) is 0.291. The summed E-state index contributed by atoms with van der Waals surface area (Å²) in [5, 5.41) is 0.685. The van der Waals surface area contributed by atoms with Crippen LogP contribution in [0.3, 0.4) is 0 Å². The molecule has 2 unspecified atom stereocenters. The molecular weight excluding hydrogens is 224 g/mol. The van der Waals surface area contributed by atoms with E-state index in [0.29, 0.717) is 17.1 Å². The van der Waals surface area contributed by atoms with Crippen molar-refractivity contribution in [2.24, 2.45) is 18.7 Å². The van der Waals surface area contributed by atoms with Gasteiger partial charge in [0.15, 0.2) is 0 Å². The van der Waals surface area contributed by atoms with Crippen molar-refractivity contribution in [3.05, 3.63) is 17.2 Å². The predicted octanol–water partition coefficient (Wildman–Crippen LogP) is 1.24. The maximum absolute atomic E-state index is 6.02. The topological polar surface area (TPSA) is 47.1 Å². The molecule has 1 fully saturated rings. The zero-order valence-corrected chi connectivity index (χ0v) is 10.6. The van der Waals surface area contributed by atoms with E-state index in [4.69, 9.17) is 17.3 Å². The second-order valence-corrected chi connectivity index (χ2v) is 5.24. The van der Waals surface area contributed by atoms with Crippen LogP contribution in [0.5, 0.6) is 0 Å². The van der Waals surface area contributed by atoms with Crippen LogP contribution in [-0.4, -0.2) is 33.6 Å². The number of piperidine rings is 1. The lowest BCUT2D eigenvalue weighted by atomic mass is 9.97. The number of rotatable bonds is 2. The van der Waals surface area contributed by atoms with E-state index in [2.05, 4.69) is 16.8 Å². The zero-order valence-electron chi connectivity index (χ0n) is 9.86. The summed E-state index contributed by atoms with van der Waals surface area (Å²) in [7, 11) is 1.94. The lowest BCUT2D eigenvalue weighted by molar-refractivity contribution is 0.154. The molecule has 0 saturated carbocycles. The fourth-order valence-corrected chi connectivity index (χ4v) is 2.56. The average Bonchev–Trinajstić information content (AvgIpc) is 2.48. The average molecular weight is 243 g/mol. The van der Waals surface area contributed by atoms with Crippen molar-refractivity contribution in [2.75, 3.05) is 13.1 Å². The third-order valence-electron chi connectivity index (χ3n) is 3.16. The summed E-state index contributed by atoms with van der Waals surface area (Å²) >= 11 is 5.96. The summed E-state index contributed by atoms with van der Waals surface area (Å²) in [6.07, 6.45) is 2.82. The molecule has 1 aromatic heterocycles. The molecule has 0 spiro atoms. The van der Waals surface area contributed by atoms with Crippen LogP contribution in [0.2, 0.25) is 5.15 Å². The Labute approximate surface area is 101 Å². The second kappa shape index (κ2) is 4.73. The zero-order chi connectivity index (χ0) is 11.7. The molecular formula is C11H19ClN4. The molecule has 2 N–H and O–H groups in total. The Hall–Kier alpha value is -0.580. The van der Waals surface area contributed by atoms with Crippen LogP contribution in [0.1, 0.15) is 19.2 Å². The SMILES string of the molecule is CC1CC(N)CN(Cc2ncc(Cl)n2C)C1. The molecule has 1 aliphatic rings. The second-order valence-electron chi connectivity index (χ2n) is 4.85. The van der Waals surface area contributed by atoms with Gasteiger partial charge < -0.3 is 10.3 Å². The van der Waals surface area contributed by atoms with E-state index < -0.39 is 0 Å². The van der Waals surface area contributed by atoms with E-state index in [1.54, 1.807) is 6.20 Å². The molecule has 0 radical (unpaired) electrons. The van der Waals surface area contributed by atoms with Crippen molar-refractivity contribution in [3.8, 4) is 0 Å². The number of nitrogens with zero attached hydrogens (tertiary/aromatic N) is 3. The number of nitrogens with two attached hydrogens (primary N) is 1. The lowest BCUT2D eigenvalue weighted by Gasteiger charge is -2.34. The highest BCUT2D eigenvalue weighted by Crippen LogP contribution is 2.18. The van der Waals surface area contributed by atoms with Crippen LogP contribution in [0.4, 0.5) is 0 Å². The number of imidazole rings is 1. The molecule has 0 aromatic carbocycles. The number of aromatic nitrogens is 2. The highest BCUT2D eigenvalue weighted by atomic mass is 35.5. The van der Waals surface area contributed by atoms with Gasteiger partial charge in [0.2, 0.25) is 0 Å². The Morgan fingerprint density at radius 1 is 1.56 bits per heavy atom. The van der Waals surface area contributed by atoms with E-state index >= 15 is 0 Å². The van der Waals surface area contributed by atoms with Crippen molar-refractivity contribution in [3.63, 3.8) is 0 Å². The molecule has 1 saturated heterocycles. The van der Waals surface area contributed by atoms with E-state index in [0.717, 1.165) is 31.9 Å². The van der Waals surface area contributed by atoms with Gasteiger partial charge in [-0.1, -0.05) is 18.5 Å². The van der Waals surface area contributed by atoms with Gasteiger partial charge >= 0.3 is 0 Å². The molecule has 16 heavy (non-hydrogen) atoms. The molecule has 2 heterocycles. The Bertz CT molecular complexity index is 353. The minimum absolute atomic E-state index is 0.291. The van der Waals surface area contributed by atoms with Gasteiger partial charge in [-0.05, 0) is 12.3 Å². The van der Waals surface area contributed by atoms with Gasteiger partial charge in [-0.15, -0.1) is 0 Å². The molecule has 0 amide bonds. The molecule has 1 aliphatic heterocycles. The Balaban J connectivity index is 2.01. The van der Waals surface area contributed by atoms with Crippen LogP contribution in [0, 0.1) is 5.92 Å². The van der Waals surface area contributed by atoms with Crippen LogP contribution in [-0.2, 0) is 13.6 Å². The van der Waals surface area contributed by atoms with E-state index in [1.807, 2.05) is 11.6 Å². The normalized spacial score (nSPS) is 27.2. The first kappa shape index (κ1) is 11.9. The fraction of sp³-hybridized carbons (Fsp3) is 0.727. The van der Waals surface area contributed by atoms with Crippen LogP contribution < -0.4 is 5.73 Å². The van der Waals surface area contributed by atoms with E-state index in [-0.39, 0.29) is 0 Å². The summed E-state index contributed by atoms with van der Waals surface area (Å²) < 4.78 is 1.92. The smallest absolute Gasteiger partial charge is 0.128 e. The van der Waals surface area contributed by atoms with Crippen molar-refractivity contribution in [1.29, 1.82) is 0 Å². The maximum atomic E-state index is 6.02.